The van der Waals surface area contributed by atoms with Gasteiger partial charge in [0.05, 0.1) is 11.8 Å². The van der Waals surface area contributed by atoms with Gasteiger partial charge in [-0.1, -0.05) is 0 Å². The maximum absolute atomic E-state index is 9.40. The molecule has 1 aromatic heterocycles. The van der Waals surface area contributed by atoms with Crippen LogP contribution in [0.1, 0.15) is 18.5 Å². The maximum Gasteiger partial charge on any atom is 0.0685 e. The fourth-order valence-electron chi connectivity index (χ4n) is 1.82. The summed E-state index contributed by atoms with van der Waals surface area (Å²) in [5.41, 5.74) is 1.08. The number of piperidine rings is 1. The largest absolute Gasteiger partial charge is 0.393 e. The third-order valence-electron chi connectivity index (χ3n) is 2.77. The summed E-state index contributed by atoms with van der Waals surface area (Å²) in [6.45, 7) is 2.79. The highest BCUT2D eigenvalue weighted by atomic mass is 79.9. The molecule has 1 saturated heterocycles. The van der Waals surface area contributed by atoms with Crippen molar-refractivity contribution in [2.45, 2.75) is 25.5 Å². The smallest absolute Gasteiger partial charge is 0.0685 e. The fraction of sp³-hybridized carbons (Fsp3) is 0.545. The molecule has 0 amide bonds. The second kappa shape index (κ2) is 5.05. The monoisotopic (exact) mass is 270 g/mol. The van der Waals surface area contributed by atoms with E-state index in [-0.39, 0.29) is 6.10 Å². The number of pyridine rings is 1. The van der Waals surface area contributed by atoms with Gasteiger partial charge in [-0.3, -0.25) is 9.88 Å². The first-order valence-electron chi connectivity index (χ1n) is 5.25. The van der Waals surface area contributed by atoms with Crippen LogP contribution in [0.2, 0.25) is 0 Å². The Hall–Kier alpha value is -0.450. The van der Waals surface area contributed by atoms with Gasteiger partial charge in [0.15, 0.2) is 0 Å². The second-order valence-electron chi connectivity index (χ2n) is 3.94. The van der Waals surface area contributed by atoms with Gasteiger partial charge in [0.2, 0.25) is 0 Å². The van der Waals surface area contributed by atoms with E-state index in [9.17, 15) is 5.11 Å². The van der Waals surface area contributed by atoms with Gasteiger partial charge in [-0.05, 0) is 40.9 Å². The van der Waals surface area contributed by atoms with E-state index in [0.717, 1.165) is 42.6 Å². The van der Waals surface area contributed by atoms with Gasteiger partial charge in [-0.15, -0.1) is 0 Å². The van der Waals surface area contributed by atoms with Crippen LogP contribution in [-0.2, 0) is 6.54 Å². The number of likely N-dealkylation sites (tertiary alicyclic amines) is 1. The average molecular weight is 271 g/mol. The van der Waals surface area contributed by atoms with Gasteiger partial charge in [-0.2, -0.15) is 0 Å². The van der Waals surface area contributed by atoms with Gasteiger partial charge in [0.1, 0.15) is 0 Å². The zero-order chi connectivity index (χ0) is 10.7. The lowest BCUT2D eigenvalue weighted by atomic mass is 10.1. The van der Waals surface area contributed by atoms with Crippen LogP contribution in [0.3, 0.4) is 0 Å². The Kier molecular flexibility index (Phi) is 3.72. The number of hydrogen-bond donors (Lipinski definition) is 1. The van der Waals surface area contributed by atoms with Crippen LogP contribution in [0.25, 0.3) is 0 Å². The number of hydrogen-bond acceptors (Lipinski definition) is 3. The topological polar surface area (TPSA) is 36.4 Å². The molecule has 1 aromatic rings. The van der Waals surface area contributed by atoms with Crippen LogP contribution < -0.4 is 0 Å². The molecule has 0 aromatic carbocycles. The molecule has 1 N–H and O–H groups in total. The molecule has 15 heavy (non-hydrogen) atoms. The molecule has 0 aliphatic carbocycles. The molecular formula is C11H15BrN2O. The second-order valence-corrected chi connectivity index (χ2v) is 4.79. The Bertz CT molecular complexity index is 324. The standard InChI is InChI=1S/C11H15BrN2O/c12-10-2-1-5-13-11(10)8-14-6-3-9(15)4-7-14/h1-2,5,9,15H,3-4,6-8H2. The Labute approximate surface area is 98.3 Å². The quantitative estimate of drug-likeness (QED) is 0.891. The minimum atomic E-state index is -0.103. The summed E-state index contributed by atoms with van der Waals surface area (Å²) in [7, 11) is 0. The number of nitrogens with zero attached hydrogens (tertiary/aromatic N) is 2. The zero-order valence-electron chi connectivity index (χ0n) is 8.56. The molecule has 82 valence electrons. The summed E-state index contributed by atoms with van der Waals surface area (Å²) in [6, 6.07) is 3.94. The van der Waals surface area contributed by atoms with E-state index in [1.165, 1.54) is 0 Å². The van der Waals surface area contributed by atoms with Crippen LogP contribution >= 0.6 is 15.9 Å². The lowest BCUT2D eigenvalue weighted by Gasteiger charge is -2.29. The Morgan fingerprint density at radius 3 is 2.87 bits per heavy atom. The molecule has 0 saturated carbocycles. The third kappa shape index (κ3) is 3.00. The van der Waals surface area contributed by atoms with E-state index in [0.29, 0.717) is 0 Å². The summed E-state index contributed by atoms with van der Waals surface area (Å²) in [5.74, 6) is 0. The lowest BCUT2D eigenvalue weighted by Crippen LogP contribution is -2.35. The molecule has 4 heteroatoms. The van der Waals surface area contributed by atoms with Crippen molar-refractivity contribution in [3.63, 3.8) is 0 Å². The van der Waals surface area contributed by atoms with E-state index < -0.39 is 0 Å². The Balaban J connectivity index is 1.95. The van der Waals surface area contributed by atoms with Gasteiger partial charge >= 0.3 is 0 Å². The molecule has 2 heterocycles. The van der Waals surface area contributed by atoms with E-state index in [1.807, 2.05) is 18.3 Å². The van der Waals surface area contributed by atoms with Crippen molar-refractivity contribution in [2.75, 3.05) is 13.1 Å². The molecule has 0 bridgehead atoms. The summed E-state index contributed by atoms with van der Waals surface area (Å²) in [5, 5.41) is 9.40. The van der Waals surface area contributed by atoms with E-state index >= 15 is 0 Å². The number of aliphatic hydroxyl groups is 1. The van der Waals surface area contributed by atoms with Gasteiger partial charge < -0.3 is 5.11 Å². The van der Waals surface area contributed by atoms with Crippen LogP contribution in [0.5, 0.6) is 0 Å². The number of aromatic nitrogens is 1. The molecule has 0 unspecified atom stereocenters. The minimum absolute atomic E-state index is 0.103. The zero-order valence-corrected chi connectivity index (χ0v) is 10.2. The molecule has 1 aliphatic heterocycles. The Morgan fingerprint density at radius 1 is 1.47 bits per heavy atom. The first kappa shape index (κ1) is 11.0. The van der Waals surface area contributed by atoms with Crippen molar-refractivity contribution < 1.29 is 5.11 Å². The minimum Gasteiger partial charge on any atom is -0.393 e. The van der Waals surface area contributed by atoms with Crippen molar-refractivity contribution in [3.8, 4) is 0 Å². The molecular weight excluding hydrogens is 256 g/mol. The van der Waals surface area contributed by atoms with Crippen molar-refractivity contribution in [3.05, 3.63) is 28.5 Å². The number of aliphatic hydroxyl groups excluding tert-OH is 1. The van der Waals surface area contributed by atoms with E-state index in [4.69, 9.17) is 0 Å². The van der Waals surface area contributed by atoms with Crippen LogP contribution in [0, 0.1) is 0 Å². The summed E-state index contributed by atoms with van der Waals surface area (Å²) in [6.07, 6.45) is 3.47. The molecule has 2 rings (SSSR count). The van der Waals surface area contributed by atoms with Crippen LogP contribution in [0.15, 0.2) is 22.8 Å². The fourth-order valence-corrected chi connectivity index (χ4v) is 2.20. The van der Waals surface area contributed by atoms with Crippen molar-refractivity contribution in [1.82, 2.24) is 9.88 Å². The highest BCUT2D eigenvalue weighted by molar-refractivity contribution is 9.10. The molecule has 0 atom stereocenters. The molecule has 0 radical (unpaired) electrons. The van der Waals surface area contributed by atoms with Gasteiger partial charge in [-0.25, -0.2) is 0 Å². The summed E-state index contributed by atoms with van der Waals surface area (Å²) in [4.78, 5) is 6.67. The Morgan fingerprint density at radius 2 is 2.20 bits per heavy atom. The van der Waals surface area contributed by atoms with Crippen LogP contribution in [-0.4, -0.2) is 34.2 Å². The molecule has 1 aliphatic rings. The summed E-state index contributed by atoms with van der Waals surface area (Å²) < 4.78 is 1.07. The number of rotatable bonds is 2. The lowest BCUT2D eigenvalue weighted by molar-refractivity contribution is 0.0786. The maximum atomic E-state index is 9.40. The van der Waals surface area contributed by atoms with Crippen molar-refractivity contribution in [1.29, 1.82) is 0 Å². The van der Waals surface area contributed by atoms with E-state index in [1.54, 1.807) is 0 Å². The van der Waals surface area contributed by atoms with E-state index in [2.05, 4.69) is 25.8 Å². The normalized spacial score (nSPS) is 19.3. The first-order valence-corrected chi connectivity index (χ1v) is 6.05. The molecule has 3 nitrogen and oxygen atoms in total. The first-order chi connectivity index (χ1) is 7.25. The van der Waals surface area contributed by atoms with Crippen LogP contribution in [0.4, 0.5) is 0 Å². The number of halogens is 1. The van der Waals surface area contributed by atoms with Crippen molar-refractivity contribution >= 4 is 15.9 Å². The predicted molar refractivity (Wildman–Crippen MR) is 62.5 cm³/mol. The molecule has 0 spiro atoms. The highest BCUT2D eigenvalue weighted by Crippen LogP contribution is 2.18. The average Bonchev–Trinajstić information content (AvgIpc) is 2.25. The predicted octanol–water partition coefficient (Wildman–Crippen LogP) is 1.80. The van der Waals surface area contributed by atoms with Gasteiger partial charge in [0, 0.05) is 30.3 Å². The summed E-state index contributed by atoms with van der Waals surface area (Å²) >= 11 is 3.50. The SMILES string of the molecule is OC1CCN(Cc2ncccc2Br)CC1. The van der Waals surface area contributed by atoms with Crippen molar-refractivity contribution in [2.24, 2.45) is 0 Å². The molecule has 1 fully saturated rings. The highest BCUT2D eigenvalue weighted by Gasteiger charge is 2.17. The van der Waals surface area contributed by atoms with Gasteiger partial charge in [0.25, 0.3) is 0 Å². The third-order valence-corrected chi connectivity index (χ3v) is 3.49.